The minimum atomic E-state index is 0.497. The van der Waals surface area contributed by atoms with Crippen LogP contribution in [-0.4, -0.2) is 26.2 Å². The summed E-state index contributed by atoms with van der Waals surface area (Å²) >= 11 is 12.3. The van der Waals surface area contributed by atoms with Crippen molar-refractivity contribution >= 4 is 34.8 Å². The highest BCUT2D eigenvalue weighted by atomic mass is 35.5. The quantitative estimate of drug-likeness (QED) is 0.898. The Kier molecular flexibility index (Phi) is 5.15. The van der Waals surface area contributed by atoms with Crippen LogP contribution in [-0.2, 0) is 6.54 Å². The normalized spacial score (nSPS) is 10.3. The molecule has 1 heterocycles. The van der Waals surface area contributed by atoms with Crippen LogP contribution in [0.3, 0.4) is 0 Å². The fraction of sp³-hybridized carbons (Fsp3) is 0.267. The van der Waals surface area contributed by atoms with E-state index in [2.05, 4.69) is 10.3 Å². The molecule has 0 aliphatic carbocycles. The Balaban J connectivity index is 2.30. The first-order valence-electron chi connectivity index (χ1n) is 6.43. The lowest BCUT2D eigenvalue weighted by molar-refractivity contribution is 0.409. The molecule has 0 aliphatic rings. The molecule has 4 nitrogen and oxygen atoms in total. The number of nitrogens with zero attached hydrogens (tertiary/aromatic N) is 2. The van der Waals surface area contributed by atoms with E-state index >= 15 is 0 Å². The fourth-order valence-electron chi connectivity index (χ4n) is 2.06. The summed E-state index contributed by atoms with van der Waals surface area (Å²) in [5.41, 5.74) is 1.06. The topological polar surface area (TPSA) is 37.4 Å². The van der Waals surface area contributed by atoms with Crippen molar-refractivity contribution in [2.75, 3.05) is 31.4 Å². The lowest BCUT2D eigenvalue weighted by atomic mass is 10.2. The number of rotatable bonds is 5. The molecule has 0 fully saturated rings. The number of hydrogen-bond donors (Lipinski definition) is 1. The maximum atomic E-state index is 6.25. The maximum absolute atomic E-state index is 6.25. The number of para-hydroxylation sites is 1. The van der Waals surface area contributed by atoms with Crippen LogP contribution >= 0.6 is 23.2 Å². The second-order valence-corrected chi connectivity index (χ2v) is 5.36. The summed E-state index contributed by atoms with van der Waals surface area (Å²) in [6.45, 7) is 0.627. The number of nitrogens with one attached hydrogen (secondary N) is 1. The Labute approximate surface area is 134 Å². The van der Waals surface area contributed by atoms with Crippen molar-refractivity contribution < 1.29 is 4.74 Å². The van der Waals surface area contributed by atoms with Crippen molar-refractivity contribution in [2.24, 2.45) is 0 Å². The van der Waals surface area contributed by atoms with Crippen molar-refractivity contribution in [3.05, 3.63) is 45.9 Å². The summed E-state index contributed by atoms with van der Waals surface area (Å²) in [5, 5.41) is 3.96. The summed E-state index contributed by atoms with van der Waals surface area (Å²) in [7, 11) is 5.35. The van der Waals surface area contributed by atoms with Gasteiger partial charge < -0.3 is 15.0 Å². The molecule has 0 saturated heterocycles. The third kappa shape index (κ3) is 3.52. The van der Waals surface area contributed by atoms with Crippen LogP contribution in [0.15, 0.2) is 30.3 Å². The van der Waals surface area contributed by atoms with Crippen LogP contribution < -0.4 is 15.0 Å². The zero-order chi connectivity index (χ0) is 15.4. The maximum Gasteiger partial charge on any atom is 0.149 e. The number of methoxy groups -OCH3 is 1. The van der Waals surface area contributed by atoms with Crippen LogP contribution in [0.1, 0.15) is 5.56 Å². The summed E-state index contributed by atoms with van der Waals surface area (Å²) in [6.07, 6.45) is 0. The SMILES string of the molecule is CNc1nc(N(C)Cc2ccccc2OC)c(Cl)cc1Cl. The Hall–Kier alpha value is -1.65. The first-order valence-corrected chi connectivity index (χ1v) is 7.19. The average Bonchev–Trinajstić information content (AvgIpc) is 2.47. The summed E-state index contributed by atoms with van der Waals surface area (Å²) in [4.78, 5) is 6.41. The Morgan fingerprint density at radius 3 is 2.62 bits per heavy atom. The molecule has 0 spiro atoms. The molecule has 1 aromatic carbocycles. The van der Waals surface area contributed by atoms with Gasteiger partial charge in [0.1, 0.15) is 17.4 Å². The van der Waals surface area contributed by atoms with Gasteiger partial charge in [-0.15, -0.1) is 0 Å². The zero-order valence-electron chi connectivity index (χ0n) is 12.2. The Morgan fingerprint density at radius 1 is 1.24 bits per heavy atom. The standard InChI is InChI=1S/C15H17Cl2N3O/c1-18-14-11(16)8-12(17)15(19-14)20(2)9-10-6-4-5-7-13(10)21-3/h4-8H,9H2,1-3H3,(H,18,19). The number of benzene rings is 1. The highest BCUT2D eigenvalue weighted by Crippen LogP contribution is 2.32. The Bertz CT molecular complexity index is 634. The van der Waals surface area contributed by atoms with Crippen molar-refractivity contribution in [3.8, 4) is 5.75 Å². The zero-order valence-corrected chi connectivity index (χ0v) is 13.7. The molecule has 0 aliphatic heterocycles. The monoisotopic (exact) mass is 325 g/mol. The first-order chi connectivity index (χ1) is 10.1. The van der Waals surface area contributed by atoms with Crippen molar-refractivity contribution in [2.45, 2.75) is 6.54 Å². The second-order valence-electron chi connectivity index (χ2n) is 4.54. The molecule has 0 amide bonds. The lowest BCUT2D eigenvalue weighted by Gasteiger charge is -2.21. The van der Waals surface area contributed by atoms with E-state index in [1.54, 1.807) is 20.2 Å². The van der Waals surface area contributed by atoms with Gasteiger partial charge in [-0.05, 0) is 12.1 Å². The van der Waals surface area contributed by atoms with Crippen molar-refractivity contribution in [1.29, 1.82) is 0 Å². The summed E-state index contributed by atoms with van der Waals surface area (Å²) in [6, 6.07) is 9.55. The number of halogens is 2. The molecule has 21 heavy (non-hydrogen) atoms. The number of pyridine rings is 1. The molecular formula is C15H17Cl2N3O. The van der Waals surface area contributed by atoms with Crippen molar-refractivity contribution in [3.63, 3.8) is 0 Å². The highest BCUT2D eigenvalue weighted by molar-refractivity contribution is 6.37. The number of anilines is 2. The van der Waals surface area contributed by atoms with Gasteiger partial charge >= 0.3 is 0 Å². The van der Waals surface area contributed by atoms with E-state index in [-0.39, 0.29) is 0 Å². The molecule has 112 valence electrons. The third-order valence-corrected chi connectivity index (χ3v) is 3.68. The van der Waals surface area contributed by atoms with Crippen LogP contribution in [0.5, 0.6) is 5.75 Å². The van der Waals surface area contributed by atoms with Gasteiger partial charge in [0.2, 0.25) is 0 Å². The Morgan fingerprint density at radius 2 is 1.95 bits per heavy atom. The smallest absolute Gasteiger partial charge is 0.149 e. The molecular weight excluding hydrogens is 309 g/mol. The van der Waals surface area contributed by atoms with E-state index < -0.39 is 0 Å². The molecule has 1 N–H and O–H groups in total. The lowest BCUT2D eigenvalue weighted by Crippen LogP contribution is -2.19. The molecule has 0 saturated carbocycles. The molecule has 6 heteroatoms. The third-order valence-electron chi connectivity index (χ3n) is 3.11. The van der Waals surface area contributed by atoms with Gasteiger partial charge in [0, 0.05) is 26.2 Å². The van der Waals surface area contributed by atoms with Gasteiger partial charge in [-0.3, -0.25) is 0 Å². The molecule has 2 rings (SSSR count). The molecule has 0 bridgehead atoms. The molecule has 0 atom stereocenters. The minimum absolute atomic E-state index is 0.497. The molecule has 0 radical (unpaired) electrons. The van der Waals surface area contributed by atoms with E-state index in [0.29, 0.717) is 28.2 Å². The van der Waals surface area contributed by atoms with E-state index in [0.717, 1.165) is 11.3 Å². The van der Waals surface area contributed by atoms with Gasteiger partial charge in [0.05, 0.1) is 17.2 Å². The number of hydrogen-bond acceptors (Lipinski definition) is 4. The van der Waals surface area contributed by atoms with Crippen LogP contribution in [0.2, 0.25) is 10.0 Å². The van der Waals surface area contributed by atoms with E-state index in [1.165, 1.54) is 0 Å². The van der Waals surface area contributed by atoms with Gasteiger partial charge in [-0.25, -0.2) is 4.98 Å². The highest BCUT2D eigenvalue weighted by Gasteiger charge is 2.14. The van der Waals surface area contributed by atoms with Crippen molar-refractivity contribution in [1.82, 2.24) is 4.98 Å². The van der Waals surface area contributed by atoms with Gasteiger partial charge in [0.15, 0.2) is 0 Å². The van der Waals surface area contributed by atoms with E-state index in [1.807, 2.05) is 36.2 Å². The molecule has 2 aromatic rings. The van der Waals surface area contributed by atoms with Gasteiger partial charge in [-0.2, -0.15) is 0 Å². The molecule has 1 aromatic heterocycles. The molecule has 0 unspecified atom stereocenters. The van der Waals surface area contributed by atoms with Gasteiger partial charge in [-0.1, -0.05) is 41.4 Å². The predicted molar refractivity (Wildman–Crippen MR) is 88.9 cm³/mol. The van der Waals surface area contributed by atoms with E-state index in [4.69, 9.17) is 27.9 Å². The van der Waals surface area contributed by atoms with Crippen LogP contribution in [0, 0.1) is 0 Å². The van der Waals surface area contributed by atoms with Gasteiger partial charge in [0.25, 0.3) is 0 Å². The van der Waals surface area contributed by atoms with Crippen LogP contribution in [0.25, 0.3) is 0 Å². The summed E-state index contributed by atoms with van der Waals surface area (Å²) < 4.78 is 5.36. The van der Waals surface area contributed by atoms with E-state index in [9.17, 15) is 0 Å². The largest absolute Gasteiger partial charge is 0.496 e. The number of ether oxygens (including phenoxy) is 1. The summed E-state index contributed by atoms with van der Waals surface area (Å²) in [5.74, 6) is 2.10. The minimum Gasteiger partial charge on any atom is -0.496 e. The number of aromatic nitrogens is 1. The fourth-order valence-corrected chi connectivity index (χ4v) is 2.66. The second kappa shape index (κ2) is 6.87. The predicted octanol–water partition coefficient (Wildman–Crippen LogP) is 4.08. The van der Waals surface area contributed by atoms with Crippen LogP contribution in [0.4, 0.5) is 11.6 Å². The average molecular weight is 326 g/mol. The first kappa shape index (κ1) is 15.7.